The number of rotatable bonds is 3. The minimum absolute atomic E-state index is 0.280. The predicted molar refractivity (Wildman–Crippen MR) is 58.8 cm³/mol. The molecule has 0 atom stereocenters. The van der Waals surface area contributed by atoms with Crippen LogP contribution >= 0.6 is 0 Å². The number of benzene rings is 1. The van der Waals surface area contributed by atoms with Gasteiger partial charge in [0.1, 0.15) is 0 Å². The van der Waals surface area contributed by atoms with Crippen LogP contribution in [0.25, 0.3) is 0 Å². The van der Waals surface area contributed by atoms with Gasteiger partial charge in [0.05, 0.1) is 26.9 Å². The van der Waals surface area contributed by atoms with Gasteiger partial charge in [-0.1, -0.05) is 5.92 Å². The average Bonchev–Trinajstić information content (AvgIpc) is 2.35. The van der Waals surface area contributed by atoms with Gasteiger partial charge in [0, 0.05) is 11.6 Å². The number of esters is 1. The summed E-state index contributed by atoms with van der Waals surface area (Å²) < 4.78 is 14.8. The quantitative estimate of drug-likeness (QED) is 0.571. The minimum Gasteiger partial charge on any atom is -0.493 e. The zero-order valence-electron chi connectivity index (χ0n) is 9.37. The smallest absolute Gasteiger partial charge is 0.339 e. The van der Waals surface area contributed by atoms with Crippen molar-refractivity contribution in [3.8, 4) is 23.8 Å². The third kappa shape index (κ3) is 2.09. The summed E-state index contributed by atoms with van der Waals surface area (Å²) in [5, 5.41) is 0. The van der Waals surface area contributed by atoms with Gasteiger partial charge in [-0.2, -0.15) is 0 Å². The van der Waals surface area contributed by atoms with Crippen molar-refractivity contribution in [1.29, 1.82) is 0 Å². The fourth-order valence-electron chi connectivity index (χ4n) is 1.28. The molecule has 16 heavy (non-hydrogen) atoms. The molecule has 0 heterocycles. The number of methoxy groups -OCH3 is 3. The lowest BCUT2D eigenvalue weighted by Crippen LogP contribution is -2.05. The van der Waals surface area contributed by atoms with Crippen molar-refractivity contribution in [2.45, 2.75) is 0 Å². The van der Waals surface area contributed by atoms with E-state index in [2.05, 4.69) is 10.7 Å². The molecular formula is C12H12O4. The Labute approximate surface area is 94.1 Å². The number of hydrogen-bond acceptors (Lipinski definition) is 4. The third-order valence-electron chi connectivity index (χ3n) is 2.08. The van der Waals surface area contributed by atoms with Crippen LogP contribution in [0.5, 0.6) is 11.5 Å². The molecular weight excluding hydrogens is 208 g/mol. The molecule has 1 rings (SSSR count). The second-order valence-electron chi connectivity index (χ2n) is 2.89. The van der Waals surface area contributed by atoms with Gasteiger partial charge in [-0.05, 0) is 6.07 Å². The molecule has 0 bridgehead atoms. The summed E-state index contributed by atoms with van der Waals surface area (Å²) in [5.74, 6) is 2.80. The van der Waals surface area contributed by atoms with Crippen molar-refractivity contribution in [2.24, 2.45) is 0 Å². The first-order chi connectivity index (χ1) is 7.67. The van der Waals surface area contributed by atoms with E-state index in [0.717, 1.165) is 0 Å². The molecule has 0 fully saturated rings. The number of terminal acetylenes is 1. The van der Waals surface area contributed by atoms with Crippen LogP contribution in [0.15, 0.2) is 12.1 Å². The van der Waals surface area contributed by atoms with Crippen molar-refractivity contribution in [3.63, 3.8) is 0 Å². The highest BCUT2D eigenvalue weighted by Gasteiger charge is 2.15. The van der Waals surface area contributed by atoms with Crippen LogP contribution in [0.4, 0.5) is 0 Å². The summed E-state index contributed by atoms with van der Waals surface area (Å²) in [5.41, 5.74) is 0.687. The summed E-state index contributed by atoms with van der Waals surface area (Å²) in [4.78, 5) is 11.4. The minimum atomic E-state index is -0.506. The highest BCUT2D eigenvalue weighted by atomic mass is 16.5. The van der Waals surface area contributed by atoms with Crippen LogP contribution in [-0.4, -0.2) is 27.3 Å². The first-order valence-corrected chi connectivity index (χ1v) is 4.48. The number of ether oxygens (including phenoxy) is 3. The van der Waals surface area contributed by atoms with E-state index in [0.29, 0.717) is 17.1 Å². The second kappa shape index (κ2) is 5.08. The van der Waals surface area contributed by atoms with Gasteiger partial charge >= 0.3 is 5.97 Å². The molecule has 0 aliphatic rings. The van der Waals surface area contributed by atoms with Crippen molar-refractivity contribution in [3.05, 3.63) is 23.3 Å². The van der Waals surface area contributed by atoms with Crippen LogP contribution in [0.1, 0.15) is 15.9 Å². The lowest BCUT2D eigenvalue weighted by Gasteiger charge is -2.10. The lowest BCUT2D eigenvalue weighted by atomic mass is 10.1. The standard InChI is InChI=1S/C12H12O4/c1-5-8-6-10(14-2)11(15-3)7-9(8)12(13)16-4/h1,6-7H,2-4H3. The number of carbonyl (C=O) groups excluding carboxylic acids is 1. The zero-order valence-corrected chi connectivity index (χ0v) is 9.37. The highest BCUT2D eigenvalue weighted by Crippen LogP contribution is 2.30. The summed E-state index contributed by atoms with van der Waals surface area (Å²) in [6.07, 6.45) is 5.30. The summed E-state index contributed by atoms with van der Waals surface area (Å²) in [6, 6.07) is 3.06. The predicted octanol–water partition coefficient (Wildman–Crippen LogP) is 1.47. The van der Waals surface area contributed by atoms with Gasteiger partial charge in [0.15, 0.2) is 11.5 Å². The SMILES string of the molecule is C#Cc1cc(OC)c(OC)cc1C(=O)OC. The summed E-state index contributed by atoms with van der Waals surface area (Å²) in [7, 11) is 4.27. The van der Waals surface area contributed by atoms with E-state index in [1.54, 1.807) is 6.07 Å². The Hall–Kier alpha value is -2.15. The maximum atomic E-state index is 11.4. The van der Waals surface area contributed by atoms with Crippen molar-refractivity contribution < 1.29 is 19.0 Å². The first kappa shape index (κ1) is 11.9. The Kier molecular flexibility index (Phi) is 3.78. The molecule has 84 valence electrons. The van der Waals surface area contributed by atoms with Gasteiger partial charge in [-0.25, -0.2) is 4.79 Å². The fourth-order valence-corrected chi connectivity index (χ4v) is 1.28. The van der Waals surface area contributed by atoms with Gasteiger partial charge in [0.25, 0.3) is 0 Å². The van der Waals surface area contributed by atoms with Crippen molar-refractivity contribution in [1.82, 2.24) is 0 Å². The van der Waals surface area contributed by atoms with Gasteiger partial charge < -0.3 is 14.2 Å². The molecule has 4 heteroatoms. The molecule has 0 spiro atoms. The highest BCUT2D eigenvalue weighted by molar-refractivity contribution is 5.93. The Morgan fingerprint density at radius 3 is 2.19 bits per heavy atom. The van der Waals surface area contributed by atoms with Gasteiger partial charge in [0.2, 0.25) is 0 Å². The molecule has 0 aliphatic heterocycles. The molecule has 0 aliphatic carbocycles. The van der Waals surface area contributed by atoms with Crippen LogP contribution in [0, 0.1) is 12.3 Å². The van der Waals surface area contributed by atoms with E-state index in [9.17, 15) is 4.79 Å². The maximum Gasteiger partial charge on any atom is 0.339 e. The Balaban J connectivity index is 3.39. The molecule has 0 saturated heterocycles. The Morgan fingerprint density at radius 1 is 1.19 bits per heavy atom. The van der Waals surface area contributed by atoms with Crippen LogP contribution < -0.4 is 9.47 Å². The molecule has 0 unspecified atom stereocenters. The molecule has 0 N–H and O–H groups in total. The van der Waals surface area contributed by atoms with E-state index >= 15 is 0 Å². The topological polar surface area (TPSA) is 44.8 Å². The molecule has 0 saturated carbocycles. The fraction of sp³-hybridized carbons (Fsp3) is 0.250. The Bertz CT molecular complexity index is 443. The van der Waals surface area contributed by atoms with Crippen LogP contribution in [0.3, 0.4) is 0 Å². The summed E-state index contributed by atoms with van der Waals surface area (Å²) in [6.45, 7) is 0. The molecule has 0 radical (unpaired) electrons. The van der Waals surface area contributed by atoms with E-state index in [1.165, 1.54) is 27.4 Å². The normalized spacial score (nSPS) is 9.12. The Morgan fingerprint density at radius 2 is 1.75 bits per heavy atom. The monoisotopic (exact) mass is 220 g/mol. The summed E-state index contributed by atoms with van der Waals surface area (Å²) >= 11 is 0. The van der Waals surface area contributed by atoms with E-state index in [1.807, 2.05) is 0 Å². The second-order valence-corrected chi connectivity index (χ2v) is 2.89. The lowest BCUT2D eigenvalue weighted by molar-refractivity contribution is 0.0600. The molecule has 0 aromatic heterocycles. The van der Waals surface area contributed by atoms with Gasteiger partial charge in [-0.3, -0.25) is 0 Å². The van der Waals surface area contributed by atoms with E-state index in [-0.39, 0.29) is 5.56 Å². The van der Waals surface area contributed by atoms with Crippen molar-refractivity contribution in [2.75, 3.05) is 21.3 Å². The van der Waals surface area contributed by atoms with Crippen LogP contribution in [0.2, 0.25) is 0 Å². The average molecular weight is 220 g/mol. The van der Waals surface area contributed by atoms with Gasteiger partial charge in [-0.15, -0.1) is 6.42 Å². The van der Waals surface area contributed by atoms with E-state index in [4.69, 9.17) is 15.9 Å². The zero-order chi connectivity index (χ0) is 12.1. The van der Waals surface area contributed by atoms with Crippen molar-refractivity contribution >= 4 is 5.97 Å². The number of carbonyl (C=O) groups is 1. The maximum absolute atomic E-state index is 11.4. The number of hydrogen-bond donors (Lipinski definition) is 0. The largest absolute Gasteiger partial charge is 0.493 e. The molecule has 4 nitrogen and oxygen atoms in total. The van der Waals surface area contributed by atoms with Crippen LogP contribution in [-0.2, 0) is 4.74 Å². The molecule has 0 amide bonds. The molecule has 1 aromatic carbocycles. The first-order valence-electron chi connectivity index (χ1n) is 4.48. The van der Waals surface area contributed by atoms with E-state index < -0.39 is 5.97 Å². The molecule has 1 aromatic rings. The third-order valence-corrected chi connectivity index (χ3v) is 2.08.